The van der Waals surface area contributed by atoms with Gasteiger partial charge in [-0.1, -0.05) is 13.8 Å². The lowest BCUT2D eigenvalue weighted by Gasteiger charge is -2.62. The third-order valence-electron chi connectivity index (χ3n) is 10.5. The van der Waals surface area contributed by atoms with Crippen molar-refractivity contribution in [2.75, 3.05) is 0 Å². The molecule has 0 unspecified atom stereocenters. The van der Waals surface area contributed by atoms with Crippen molar-refractivity contribution >= 4 is 5.78 Å². The Morgan fingerprint density at radius 1 is 1.06 bits per heavy atom. The number of fused-ring (bicyclic) bond motifs is 5. The van der Waals surface area contributed by atoms with Gasteiger partial charge in [0.25, 0.3) is 0 Å². The second kappa shape index (κ2) is 8.32. The molecule has 0 aromatic carbocycles. The lowest BCUT2D eigenvalue weighted by molar-refractivity contribution is -0.197. The minimum Gasteiger partial charge on any atom is -0.392 e. The van der Waals surface area contributed by atoms with Crippen molar-refractivity contribution in [1.82, 2.24) is 0 Å². The Kier molecular flexibility index (Phi) is 6.46. The molecule has 0 aromatic rings. The predicted molar refractivity (Wildman–Crippen MR) is 128 cm³/mol. The Hall–Kier alpha value is -0.870. The molecule has 0 heterocycles. The molecule has 11 atom stereocenters. The molecule has 0 radical (unpaired) electrons. The zero-order chi connectivity index (χ0) is 26.4. The van der Waals surface area contributed by atoms with E-state index in [-0.39, 0.29) is 44.3 Å². The van der Waals surface area contributed by atoms with Gasteiger partial charge in [-0.25, -0.2) is 0 Å². The second-order valence-electron chi connectivity index (χ2n) is 13.3. The first-order valence-corrected chi connectivity index (χ1v) is 13.0. The van der Waals surface area contributed by atoms with Gasteiger partial charge in [-0.3, -0.25) is 4.79 Å². The lowest BCUT2D eigenvalue weighted by atomic mass is 9.45. The van der Waals surface area contributed by atoms with Gasteiger partial charge in [-0.2, -0.15) is 0 Å². The Labute approximate surface area is 207 Å². The van der Waals surface area contributed by atoms with E-state index in [0.29, 0.717) is 12.0 Å². The van der Waals surface area contributed by atoms with E-state index in [2.05, 4.69) is 0 Å². The highest BCUT2D eigenvalue weighted by atomic mass is 16.3. The van der Waals surface area contributed by atoms with E-state index in [9.17, 15) is 40.5 Å². The van der Waals surface area contributed by atoms with Gasteiger partial charge in [0.1, 0.15) is 0 Å². The highest BCUT2D eigenvalue weighted by molar-refractivity contribution is 5.95. The van der Waals surface area contributed by atoms with Gasteiger partial charge in [0, 0.05) is 17.3 Å². The van der Waals surface area contributed by atoms with Crippen molar-refractivity contribution < 1.29 is 40.5 Å². The van der Waals surface area contributed by atoms with Gasteiger partial charge in [0.2, 0.25) is 0 Å². The van der Waals surface area contributed by atoms with Crippen molar-refractivity contribution in [3.8, 4) is 0 Å². The molecule has 4 rings (SSSR count). The number of hydrogen-bond donors (Lipinski definition) is 7. The summed E-state index contributed by atoms with van der Waals surface area (Å²) in [6.45, 7) is 8.52. The summed E-state index contributed by atoms with van der Waals surface area (Å²) < 4.78 is 0. The first-order valence-electron chi connectivity index (χ1n) is 13.0. The third kappa shape index (κ3) is 3.95. The molecule has 4 aliphatic rings. The monoisotopic (exact) mass is 496 g/mol. The number of ketones is 1. The maximum Gasteiger partial charge on any atom is 0.159 e. The van der Waals surface area contributed by atoms with Gasteiger partial charge >= 0.3 is 0 Å². The minimum atomic E-state index is -1.59. The van der Waals surface area contributed by atoms with E-state index in [1.807, 2.05) is 13.8 Å². The maximum absolute atomic E-state index is 13.3. The second-order valence-corrected chi connectivity index (χ2v) is 13.3. The fourth-order valence-corrected chi connectivity index (χ4v) is 8.44. The average Bonchev–Trinajstić information content (AvgIpc) is 2.99. The first-order chi connectivity index (χ1) is 15.9. The molecule has 200 valence electrons. The summed E-state index contributed by atoms with van der Waals surface area (Å²) in [7, 11) is 0. The summed E-state index contributed by atoms with van der Waals surface area (Å²) >= 11 is 0. The molecule has 0 spiro atoms. The van der Waals surface area contributed by atoms with Crippen LogP contribution in [-0.4, -0.2) is 82.7 Å². The highest BCUT2D eigenvalue weighted by Gasteiger charge is 2.71. The quantitative estimate of drug-likeness (QED) is 0.295. The molecule has 8 heteroatoms. The smallest absolute Gasteiger partial charge is 0.159 e. The summed E-state index contributed by atoms with van der Waals surface area (Å²) in [5, 5.41) is 77.0. The van der Waals surface area contributed by atoms with E-state index in [0.717, 1.165) is 0 Å². The standard InChI is InChI=1S/C27H44O8/c1-23(2,33)8-7-21(32)26(5,34)20-6-9-27(35)15-11-16(28)14-10-17(29)18(30)12-24(14,3)22(15)19(31)13-25(20,27)4/h11,14,17-22,29-35H,6-10,12-13H2,1-5H3/t14-,17-,18-,19+,20+,21+,22+,24+,25-,26+,27+/m0/s1. The molecule has 0 saturated heterocycles. The molecular formula is C27H44O8. The van der Waals surface area contributed by atoms with E-state index < -0.39 is 69.8 Å². The molecule has 3 saturated carbocycles. The Morgan fingerprint density at radius 2 is 1.69 bits per heavy atom. The van der Waals surface area contributed by atoms with Crippen LogP contribution >= 0.6 is 0 Å². The van der Waals surface area contributed by atoms with Gasteiger partial charge < -0.3 is 35.7 Å². The van der Waals surface area contributed by atoms with Crippen LogP contribution in [0.1, 0.15) is 79.6 Å². The fraction of sp³-hybridized carbons (Fsp3) is 0.889. The SMILES string of the molecule is CC(C)(O)CC[C@@H](O)[C@](C)(O)[C@@H]1CC[C@@]2(O)C3=CC(=O)[C@@H]4C[C@H](O)[C@@H](O)C[C@@]4(C)[C@H]3[C@H](O)C[C@@]12C. The van der Waals surface area contributed by atoms with Gasteiger partial charge in [0.15, 0.2) is 5.78 Å². The van der Waals surface area contributed by atoms with Gasteiger partial charge in [-0.05, 0) is 88.7 Å². The van der Waals surface area contributed by atoms with Crippen LogP contribution in [0.2, 0.25) is 0 Å². The molecule has 0 aliphatic heterocycles. The summed E-state index contributed by atoms with van der Waals surface area (Å²) in [6.07, 6.45) is -1.08. The van der Waals surface area contributed by atoms with Crippen LogP contribution in [-0.2, 0) is 4.79 Å². The van der Waals surface area contributed by atoms with Crippen LogP contribution in [0.5, 0.6) is 0 Å². The molecular weight excluding hydrogens is 452 g/mol. The minimum absolute atomic E-state index is 0.115. The van der Waals surface area contributed by atoms with E-state index in [1.165, 1.54) is 6.08 Å². The van der Waals surface area contributed by atoms with Crippen LogP contribution < -0.4 is 0 Å². The van der Waals surface area contributed by atoms with Crippen LogP contribution in [0.4, 0.5) is 0 Å². The lowest BCUT2D eigenvalue weighted by Crippen LogP contribution is -2.66. The van der Waals surface area contributed by atoms with E-state index in [4.69, 9.17) is 0 Å². The van der Waals surface area contributed by atoms with Gasteiger partial charge in [0.05, 0.1) is 41.2 Å². The van der Waals surface area contributed by atoms with Gasteiger partial charge in [-0.15, -0.1) is 0 Å². The molecule has 3 fully saturated rings. The first kappa shape index (κ1) is 27.2. The molecule has 0 bridgehead atoms. The number of carbonyl (C=O) groups excluding carboxylic acids is 1. The molecule has 35 heavy (non-hydrogen) atoms. The number of rotatable bonds is 5. The van der Waals surface area contributed by atoms with Crippen LogP contribution in [0.25, 0.3) is 0 Å². The molecule has 0 aromatic heterocycles. The van der Waals surface area contributed by atoms with E-state index in [1.54, 1.807) is 20.8 Å². The molecule has 8 nitrogen and oxygen atoms in total. The summed E-state index contributed by atoms with van der Waals surface area (Å²) in [6, 6.07) is 0. The predicted octanol–water partition coefficient (Wildman–Crippen LogP) is 0.825. The van der Waals surface area contributed by atoms with Crippen molar-refractivity contribution in [3.63, 3.8) is 0 Å². The van der Waals surface area contributed by atoms with Crippen molar-refractivity contribution in [2.45, 2.75) is 121 Å². The number of aliphatic hydroxyl groups excluding tert-OH is 4. The summed E-state index contributed by atoms with van der Waals surface area (Å²) in [5.74, 6) is -1.89. The number of hydrogen-bond acceptors (Lipinski definition) is 8. The molecule has 0 amide bonds. The number of allylic oxidation sites excluding steroid dienone is 1. The number of carbonyl (C=O) groups is 1. The Balaban J connectivity index is 1.71. The molecule has 7 N–H and O–H groups in total. The number of aliphatic hydroxyl groups is 7. The van der Waals surface area contributed by atoms with Crippen LogP contribution in [0.3, 0.4) is 0 Å². The summed E-state index contributed by atoms with van der Waals surface area (Å²) in [5.41, 5.74) is -5.42. The zero-order valence-electron chi connectivity index (χ0n) is 21.6. The maximum atomic E-state index is 13.3. The third-order valence-corrected chi connectivity index (χ3v) is 10.5. The van der Waals surface area contributed by atoms with E-state index >= 15 is 0 Å². The largest absolute Gasteiger partial charge is 0.392 e. The van der Waals surface area contributed by atoms with Crippen molar-refractivity contribution in [1.29, 1.82) is 0 Å². The topological polar surface area (TPSA) is 159 Å². The highest BCUT2D eigenvalue weighted by Crippen LogP contribution is 2.68. The van der Waals surface area contributed by atoms with Crippen LogP contribution in [0, 0.1) is 28.6 Å². The normalized spacial score (nSPS) is 48.3. The zero-order valence-corrected chi connectivity index (χ0v) is 21.6. The summed E-state index contributed by atoms with van der Waals surface area (Å²) in [4.78, 5) is 13.3. The van der Waals surface area contributed by atoms with Crippen molar-refractivity contribution in [2.24, 2.45) is 28.6 Å². The van der Waals surface area contributed by atoms with Crippen LogP contribution in [0.15, 0.2) is 11.6 Å². The average molecular weight is 497 g/mol. The van der Waals surface area contributed by atoms with Crippen molar-refractivity contribution in [3.05, 3.63) is 11.6 Å². The Morgan fingerprint density at radius 3 is 2.29 bits per heavy atom. The fourth-order valence-electron chi connectivity index (χ4n) is 8.44. The Bertz CT molecular complexity index is 892. The molecule has 4 aliphatic carbocycles.